The molecule has 2 rings (SSSR count). The topological polar surface area (TPSA) is 52.6 Å². The van der Waals surface area contributed by atoms with Gasteiger partial charge in [0.25, 0.3) is 0 Å². The van der Waals surface area contributed by atoms with Gasteiger partial charge in [-0.2, -0.15) is 0 Å². The van der Waals surface area contributed by atoms with Gasteiger partial charge < -0.3 is 15.3 Å². The predicted octanol–water partition coefficient (Wildman–Crippen LogP) is 2.12. The molecule has 0 atom stereocenters. The van der Waals surface area contributed by atoms with Crippen LogP contribution in [0.2, 0.25) is 0 Å². The number of carbonyl (C=O) groups is 1. The molecule has 0 aromatic heterocycles. The Kier molecular flexibility index (Phi) is 4.49. The molecule has 104 valence electrons. The summed E-state index contributed by atoms with van der Waals surface area (Å²) in [6.07, 6.45) is 8.41. The highest BCUT2D eigenvalue weighted by Crippen LogP contribution is 2.40. The van der Waals surface area contributed by atoms with Crippen LogP contribution in [0, 0.1) is 5.41 Å². The molecule has 0 spiro atoms. The number of aliphatic hydroxyl groups is 1. The Balaban J connectivity index is 1.82. The van der Waals surface area contributed by atoms with E-state index in [1.807, 2.05) is 0 Å². The predicted molar refractivity (Wildman–Crippen MR) is 71.4 cm³/mol. The van der Waals surface area contributed by atoms with Crippen molar-refractivity contribution in [2.24, 2.45) is 5.41 Å². The Hall–Kier alpha value is -0.770. The molecule has 2 amide bonds. The van der Waals surface area contributed by atoms with Crippen LogP contribution in [0.15, 0.2) is 0 Å². The van der Waals surface area contributed by atoms with E-state index >= 15 is 0 Å². The maximum absolute atomic E-state index is 12.1. The number of aliphatic hydroxyl groups excluding tert-OH is 1. The third-order valence-corrected chi connectivity index (χ3v) is 4.62. The van der Waals surface area contributed by atoms with Crippen molar-refractivity contribution >= 4 is 6.03 Å². The van der Waals surface area contributed by atoms with Gasteiger partial charge in [-0.3, -0.25) is 0 Å². The average Bonchev–Trinajstić information content (AvgIpc) is 3.11. The lowest BCUT2D eigenvalue weighted by atomic mass is 9.83. The van der Waals surface area contributed by atoms with Crippen LogP contribution in [0.4, 0.5) is 4.79 Å². The summed E-state index contributed by atoms with van der Waals surface area (Å²) >= 11 is 0. The van der Waals surface area contributed by atoms with Crippen molar-refractivity contribution in [2.45, 2.75) is 57.9 Å². The molecular formula is C14H26N2O2. The molecule has 0 heterocycles. The van der Waals surface area contributed by atoms with Gasteiger partial charge in [-0.15, -0.1) is 0 Å². The monoisotopic (exact) mass is 254 g/mol. The second kappa shape index (κ2) is 5.91. The number of nitrogens with one attached hydrogen (secondary N) is 1. The Labute approximate surface area is 110 Å². The van der Waals surface area contributed by atoms with Crippen molar-refractivity contribution in [1.82, 2.24) is 10.2 Å². The Morgan fingerprint density at radius 2 is 2.06 bits per heavy atom. The second-order valence-electron chi connectivity index (χ2n) is 5.87. The van der Waals surface area contributed by atoms with E-state index < -0.39 is 0 Å². The highest BCUT2D eigenvalue weighted by atomic mass is 16.3. The summed E-state index contributed by atoms with van der Waals surface area (Å²) < 4.78 is 0. The zero-order valence-electron chi connectivity index (χ0n) is 11.5. The first-order valence-corrected chi connectivity index (χ1v) is 7.36. The zero-order valence-corrected chi connectivity index (χ0v) is 11.5. The van der Waals surface area contributed by atoms with Gasteiger partial charge in [0.1, 0.15) is 0 Å². The summed E-state index contributed by atoms with van der Waals surface area (Å²) in [5, 5.41) is 12.1. The van der Waals surface area contributed by atoms with Crippen LogP contribution >= 0.6 is 0 Å². The number of hydrogen-bond donors (Lipinski definition) is 2. The molecule has 0 aromatic carbocycles. The summed E-state index contributed by atoms with van der Waals surface area (Å²) in [7, 11) is 0. The summed E-state index contributed by atoms with van der Waals surface area (Å²) in [4.78, 5) is 13.9. The summed E-state index contributed by atoms with van der Waals surface area (Å²) in [5.41, 5.74) is 0.337. The lowest BCUT2D eigenvalue weighted by molar-refractivity contribution is 0.166. The van der Waals surface area contributed by atoms with Gasteiger partial charge in [-0.05, 0) is 37.5 Å². The molecule has 0 bridgehead atoms. The number of carbonyl (C=O) groups excluding carboxylic acids is 1. The number of amides is 2. The number of urea groups is 1. The third-order valence-electron chi connectivity index (χ3n) is 4.62. The average molecular weight is 254 g/mol. The van der Waals surface area contributed by atoms with E-state index in [4.69, 9.17) is 5.11 Å². The van der Waals surface area contributed by atoms with E-state index in [2.05, 4.69) is 12.2 Å². The lowest BCUT2D eigenvalue weighted by Gasteiger charge is -2.30. The van der Waals surface area contributed by atoms with Gasteiger partial charge >= 0.3 is 6.03 Å². The molecule has 2 aliphatic carbocycles. The van der Waals surface area contributed by atoms with Gasteiger partial charge in [0.05, 0.1) is 6.61 Å². The SMILES string of the molecule is CCC1(CNC(=O)N(CCO)C2CC2)CCCC1. The van der Waals surface area contributed by atoms with Crippen molar-refractivity contribution in [3.05, 3.63) is 0 Å². The molecule has 0 saturated heterocycles. The van der Waals surface area contributed by atoms with Crippen LogP contribution in [0.25, 0.3) is 0 Å². The van der Waals surface area contributed by atoms with Crippen LogP contribution in [0.3, 0.4) is 0 Å². The molecule has 0 unspecified atom stereocenters. The number of rotatable bonds is 6. The summed E-state index contributed by atoms with van der Waals surface area (Å²) in [6, 6.07) is 0.393. The van der Waals surface area contributed by atoms with Crippen LogP contribution < -0.4 is 5.32 Å². The Morgan fingerprint density at radius 1 is 1.39 bits per heavy atom. The first kappa shape index (κ1) is 13.7. The Morgan fingerprint density at radius 3 is 2.56 bits per heavy atom. The van der Waals surface area contributed by atoms with Gasteiger partial charge in [0.15, 0.2) is 0 Å². The van der Waals surface area contributed by atoms with Crippen molar-refractivity contribution in [3.8, 4) is 0 Å². The zero-order chi connectivity index (χ0) is 13.0. The first-order valence-electron chi connectivity index (χ1n) is 7.36. The van der Waals surface area contributed by atoms with E-state index in [1.54, 1.807) is 4.90 Å². The van der Waals surface area contributed by atoms with Gasteiger partial charge in [-0.1, -0.05) is 19.8 Å². The molecule has 2 fully saturated rings. The summed E-state index contributed by atoms with van der Waals surface area (Å²) in [6.45, 7) is 3.55. The van der Waals surface area contributed by atoms with Crippen molar-refractivity contribution in [1.29, 1.82) is 0 Å². The van der Waals surface area contributed by atoms with E-state index in [0.717, 1.165) is 25.8 Å². The molecule has 2 aliphatic rings. The molecule has 2 saturated carbocycles. The number of hydrogen-bond acceptors (Lipinski definition) is 2. The van der Waals surface area contributed by atoms with Crippen molar-refractivity contribution in [2.75, 3.05) is 19.7 Å². The van der Waals surface area contributed by atoms with E-state index in [0.29, 0.717) is 18.0 Å². The van der Waals surface area contributed by atoms with Crippen LogP contribution in [-0.4, -0.2) is 41.8 Å². The standard InChI is InChI=1S/C14H26N2O2/c1-2-14(7-3-4-8-14)11-15-13(18)16(9-10-17)12-5-6-12/h12,17H,2-11H2,1H3,(H,15,18). The fourth-order valence-corrected chi connectivity index (χ4v) is 3.09. The van der Waals surface area contributed by atoms with Crippen LogP contribution in [-0.2, 0) is 0 Å². The largest absolute Gasteiger partial charge is 0.395 e. The molecule has 2 N–H and O–H groups in total. The lowest BCUT2D eigenvalue weighted by Crippen LogP contribution is -2.46. The molecule has 18 heavy (non-hydrogen) atoms. The first-order chi connectivity index (χ1) is 8.71. The van der Waals surface area contributed by atoms with E-state index in [1.165, 1.54) is 25.7 Å². The molecule has 0 aromatic rings. The van der Waals surface area contributed by atoms with Gasteiger partial charge in [0, 0.05) is 19.1 Å². The quantitative estimate of drug-likeness (QED) is 0.763. The van der Waals surface area contributed by atoms with E-state index in [9.17, 15) is 4.79 Å². The molecule has 4 nitrogen and oxygen atoms in total. The van der Waals surface area contributed by atoms with Crippen molar-refractivity contribution in [3.63, 3.8) is 0 Å². The molecule has 0 radical (unpaired) electrons. The second-order valence-corrected chi connectivity index (χ2v) is 5.87. The maximum Gasteiger partial charge on any atom is 0.317 e. The number of nitrogens with zero attached hydrogens (tertiary/aromatic N) is 1. The molecule has 4 heteroatoms. The minimum atomic E-state index is 0.0197. The van der Waals surface area contributed by atoms with Crippen LogP contribution in [0.1, 0.15) is 51.9 Å². The maximum atomic E-state index is 12.1. The van der Waals surface area contributed by atoms with Crippen molar-refractivity contribution < 1.29 is 9.90 Å². The van der Waals surface area contributed by atoms with Gasteiger partial charge in [-0.25, -0.2) is 4.79 Å². The molecule has 0 aliphatic heterocycles. The van der Waals surface area contributed by atoms with Gasteiger partial charge in [0.2, 0.25) is 0 Å². The minimum Gasteiger partial charge on any atom is -0.395 e. The normalized spacial score (nSPS) is 21.9. The fraction of sp³-hybridized carbons (Fsp3) is 0.929. The summed E-state index contributed by atoms with van der Waals surface area (Å²) in [5.74, 6) is 0. The molecular weight excluding hydrogens is 228 g/mol. The highest BCUT2D eigenvalue weighted by Gasteiger charge is 2.35. The Bertz CT molecular complexity index is 284. The smallest absolute Gasteiger partial charge is 0.317 e. The fourth-order valence-electron chi connectivity index (χ4n) is 3.09. The third kappa shape index (κ3) is 3.16. The van der Waals surface area contributed by atoms with Crippen LogP contribution in [0.5, 0.6) is 0 Å². The highest BCUT2D eigenvalue weighted by molar-refractivity contribution is 5.75. The minimum absolute atomic E-state index is 0.0197. The van der Waals surface area contributed by atoms with E-state index in [-0.39, 0.29) is 12.6 Å².